The number of nitrogens with one attached hydrogen (secondary N) is 3. The molecule has 1 atom stereocenters. The number of quaternary nitrogens is 1. The van der Waals surface area contributed by atoms with Crippen LogP contribution in [-0.2, 0) is 9.59 Å². The largest absolute Gasteiger partial charge is 1.00 e. The Hall–Kier alpha value is -1.45. The van der Waals surface area contributed by atoms with Crippen molar-refractivity contribution in [3.8, 4) is 0 Å². The molecule has 0 aliphatic carbocycles. The number of hydrogen-bond donors (Lipinski definition) is 4. The molecule has 9 heteroatoms. The number of likely N-dealkylation sites (N-methyl/N-ethyl adjacent to an activating group) is 1. The number of carbonyl (C=O) groups excluding carboxylic acids is 2. The second-order valence-electron chi connectivity index (χ2n) is 17.6. The van der Waals surface area contributed by atoms with E-state index < -0.39 is 0 Å². The van der Waals surface area contributed by atoms with Gasteiger partial charge in [0, 0.05) is 45.6 Å². The Labute approximate surface area is 367 Å². The van der Waals surface area contributed by atoms with Crippen molar-refractivity contribution in [3.05, 3.63) is 24.3 Å². The van der Waals surface area contributed by atoms with Gasteiger partial charge in [-0.25, -0.2) is 0 Å². The van der Waals surface area contributed by atoms with Gasteiger partial charge in [-0.1, -0.05) is 134 Å². The van der Waals surface area contributed by atoms with E-state index in [0.717, 1.165) is 82.3 Å². The third kappa shape index (κ3) is 44.1. The first kappa shape index (κ1) is 58.6. The Balaban J connectivity index is 0. The number of hydrogen-bond acceptors (Lipinski definition) is 5. The second kappa shape index (κ2) is 45.1. The van der Waals surface area contributed by atoms with Crippen LogP contribution in [0.5, 0.6) is 0 Å². The molecule has 8 nitrogen and oxygen atoms in total. The molecule has 0 saturated carbocycles. The molecule has 0 aromatic heterocycles. The number of amides is 2. The van der Waals surface area contributed by atoms with Crippen LogP contribution in [0.25, 0.3) is 0 Å². The lowest BCUT2D eigenvalue weighted by atomic mass is 10.1. The SMILES string of the molecule is C/C=C\CCCCCCCCC(=O)NCCCNCCN(CCCNC(=O)CCCCCCCC/C=C/C)CC(O)C[N+](C)(C)CCCCCCCCCCCC.[Cl-]. The van der Waals surface area contributed by atoms with Crippen molar-refractivity contribution >= 4 is 11.8 Å². The van der Waals surface area contributed by atoms with Crippen molar-refractivity contribution in [2.45, 2.75) is 207 Å². The molecule has 0 aliphatic rings. The average molecular weight is 841 g/mol. The number of nitrogens with zero attached hydrogens (tertiary/aromatic N) is 2. The van der Waals surface area contributed by atoms with Crippen molar-refractivity contribution in [2.24, 2.45) is 0 Å². The van der Waals surface area contributed by atoms with Crippen LogP contribution in [0.1, 0.15) is 201 Å². The van der Waals surface area contributed by atoms with Crippen molar-refractivity contribution in [1.29, 1.82) is 0 Å². The Morgan fingerprint density at radius 2 is 1.02 bits per heavy atom. The highest BCUT2D eigenvalue weighted by molar-refractivity contribution is 5.76. The number of aliphatic hydroxyl groups excluding tert-OH is 1. The van der Waals surface area contributed by atoms with Crippen LogP contribution in [0.15, 0.2) is 24.3 Å². The molecule has 0 fully saturated rings. The molecule has 0 spiro atoms. The summed E-state index contributed by atoms with van der Waals surface area (Å²) in [5.74, 6) is 0.344. The molecule has 0 heterocycles. The molecule has 0 saturated heterocycles. The van der Waals surface area contributed by atoms with Crippen LogP contribution in [0.2, 0.25) is 0 Å². The summed E-state index contributed by atoms with van der Waals surface area (Å²) in [6.07, 6.45) is 41.5. The second-order valence-corrected chi connectivity index (χ2v) is 17.6. The number of allylic oxidation sites excluding steroid dienone is 4. The van der Waals surface area contributed by atoms with Crippen molar-refractivity contribution < 1.29 is 31.6 Å². The number of unbranched alkanes of at least 4 members (excludes halogenated alkanes) is 21. The summed E-state index contributed by atoms with van der Waals surface area (Å²) in [6.45, 7) is 13.7. The minimum absolute atomic E-state index is 0. The van der Waals surface area contributed by atoms with Gasteiger partial charge in [0.25, 0.3) is 0 Å². The van der Waals surface area contributed by atoms with Gasteiger partial charge in [-0.05, 0) is 91.1 Å². The summed E-state index contributed by atoms with van der Waals surface area (Å²) in [5.41, 5.74) is 0. The maximum absolute atomic E-state index is 12.5. The topological polar surface area (TPSA) is 93.7 Å². The van der Waals surface area contributed by atoms with E-state index in [9.17, 15) is 14.7 Å². The Morgan fingerprint density at radius 3 is 1.52 bits per heavy atom. The molecular weight excluding hydrogens is 742 g/mol. The van der Waals surface area contributed by atoms with Crippen LogP contribution in [0.4, 0.5) is 0 Å². The van der Waals surface area contributed by atoms with Crippen LogP contribution in [0.3, 0.4) is 0 Å². The third-order valence-electron chi connectivity index (χ3n) is 11.2. The highest BCUT2D eigenvalue weighted by Crippen LogP contribution is 2.13. The Kier molecular flexibility index (Phi) is 45.6. The van der Waals surface area contributed by atoms with Crippen molar-refractivity contribution in [3.63, 3.8) is 0 Å². The number of halogens is 1. The van der Waals surface area contributed by atoms with Gasteiger partial charge in [-0.3, -0.25) is 14.5 Å². The molecule has 4 N–H and O–H groups in total. The lowest BCUT2D eigenvalue weighted by Gasteiger charge is -2.34. The van der Waals surface area contributed by atoms with Crippen LogP contribution >= 0.6 is 0 Å². The van der Waals surface area contributed by atoms with E-state index >= 15 is 0 Å². The van der Waals surface area contributed by atoms with E-state index in [1.165, 1.54) is 128 Å². The summed E-state index contributed by atoms with van der Waals surface area (Å²) in [7, 11) is 4.52. The van der Waals surface area contributed by atoms with E-state index in [0.29, 0.717) is 32.5 Å². The van der Waals surface area contributed by atoms with Gasteiger partial charge in [-0.2, -0.15) is 0 Å². The van der Waals surface area contributed by atoms with Crippen molar-refractivity contribution in [2.75, 3.05) is 73.0 Å². The molecule has 344 valence electrons. The van der Waals surface area contributed by atoms with Gasteiger partial charge >= 0.3 is 0 Å². The summed E-state index contributed by atoms with van der Waals surface area (Å²) >= 11 is 0. The molecule has 0 aromatic rings. The molecule has 2 amide bonds. The summed E-state index contributed by atoms with van der Waals surface area (Å²) in [6, 6.07) is 0. The molecule has 0 radical (unpaired) electrons. The number of rotatable bonds is 44. The quantitative estimate of drug-likeness (QED) is 0.0288. The summed E-state index contributed by atoms with van der Waals surface area (Å²) < 4.78 is 0.847. The first-order valence-corrected chi connectivity index (χ1v) is 24.4. The third-order valence-corrected chi connectivity index (χ3v) is 11.2. The number of carbonyl (C=O) groups is 2. The maximum atomic E-state index is 12.5. The molecular formula is C49H98ClN5O3. The molecule has 0 rings (SSSR count). The fourth-order valence-corrected chi connectivity index (χ4v) is 7.69. The summed E-state index contributed by atoms with van der Waals surface area (Å²) in [5, 5.41) is 21.1. The first-order valence-electron chi connectivity index (χ1n) is 24.4. The van der Waals surface area contributed by atoms with Gasteiger partial charge in [0.15, 0.2) is 0 Å². The molecule has 0 bridgehead atoms. The zero-order valence-electron chi connectivity index (χ0n) is 39.1. The van der Waals surface area contributed by atoms with Gasteiger partial charge in [-0.15, -0.1) is 0 Å². The predicted molar refractivity (Wildman–Crippen MR) is 248 cm³/mol. The molecule has 0 aliphatic heterocycles. The monoisotopic (exact) mass is 840 g/mol. The van der Waals surface area contributed by atoms with Gasteiger partial charge in [0.2, 0.25) is 11.8 Å². The highest BCUT2D eigenvalue weighted by Gasteiger charge is 2.22. The lowest BCUT2D eigenvalue weighted by molar-refractivity contribution is -0.893. The first-order chi connectivity index (χ1) is 27.7. The lowest BCUT2D eigenvalue weighted by Crippen LogP contribution is -3.00. The number of aliphatic hydroxyl groups is 1. The van der Waals surface area contributed by atoms with Crippen LogP contribution in [-0.4, -0.2) is 105 Å². The Bertz CT molecular complexity index is 947. The maximum Gasteiger partial charge on any atom is 0.219 e. The van der Waals surface area contributed by atoms with Crippen LogP contribution < -0.4 is 28.4 Å². The predicted octanol–water partition coefficient (Wildman–Crippen LogP) is 7.65. The molecule has 1 unspecified atom stereocenters. The standard InChI is InChI=1S/C49H97N5O3.ClH/c1-6-9-12-15-18-21-24-27-30-33-44-54(4,5)46-47(55)45-53(42-35-40-52-49(57)37-32-29-26-23-20-17-14-11-8-3)43-41-50-38-34-39-51-48(56)36-31-28-25-22-19-16-13-10-7-2;/h7-8,10-11,47,50,55H,6,9,12-46H2,1-5H3,(H-,51,52,56,57);1H/b10-7-,11-8+;. The zero-order chi connectivity index (χ0) is 41.9. The zero-order valence-corrected chi connectivity index (χ0v) is 39.8. The smallest absolute Gasteiger partial charge is 0.219 e. The van der Waals surface area contributed by atoms with E-state index in [2.05, 4.69) is 80.0 Å². The van der Waals surface area contributed by atoms with Crippen molar-refractivity contribution in [1.82, 2.24) is 20.9 Å². The van der Waals surface area contributed by atoms with Gasteiger partial charge in [0.05, 0.1) is 20.6 Å². The minimum atomic E-state index is -0.390. The fraction of sp³-hybridized carbons (Fsp3) is 0.878. The van der Waals surface area contributed by atoms with E-state index in [1.807, 2.05) is 0 Å². The normalized spacial score (nSPS) is 12.5. The molecule has 0 aromatic carbocycles. The Morgan fingerprint density at radius 1 is 0.569 bits per heavy atom. The highest BCUT2D eigenvalue weighted by atomic mass is 35.5. The van der Waals surface area contributed by atoms with E-state index in [1.54, 1.807) is 0 Å². The van der Waals surface area contributed by atoms with Gasteiger partial charge < -0.3 is 37.9 Å². The minimum Gasteiger partial charge on any atom is -1.00 e. The fourth-order valence-electron chi connectivity index (χ4n) is 7.69. The average Bonchev–Trinajstić information content (AvgIpc) is 3.18. The van der Waals surface area contributed by atoms with Gasteiger partial charge in [0.1, 0.15) is 12.6 Å². The van der Waals surface area contributed by atoms with Crippen LogP contribution in [0, 0.1) is 0 Å². The summed E-state index contributed by atoms with van der Waals surface area (Å²) in [4.78, 5) is 27.1. The van der Waals surface area contributed by atoms with E-state index in [4.69, 9.17) is 0 Å². The van der Waals surface area contributed by atoms with E-state index in [-0.39, 0.29) is 30.3 Å². The molecule has 58 heavy (non-hydrogen) atoms.